The molecule has 1 aliphatic rings. The van der Waals surface area contributed by atoms with E-state index >= 15 is 0 Å². The summed E-state index contributed by atoms with van der Waals surface area (Å²) < 4.78 is 22.7. The molecule has 1 saturated heterocycles. The standard InChI is InChI=1S/C13H20N4O3S/c1-16-13(18)12-4-2-3-7-17(12)11-6-5-9(8-10(11)14)21(15,19)20/h5-6,8,12H,2-4,7,14H2,1H3,(H,16,18)(H2,15,19,20). The monoisotopic (exact) mass is 312 g/mol. The zero-order valence-electron chi connectivity index (χ0n) is 11.9. The summed E-state index contributed by atoms with van der Waals surface area (Å²) in [6.45, 7) is 0.705. The van der Waals surface area contributed by atoms with Gasteiger partial charge in [0.05, 0.1) is 16.3 Å². The van der Waals surface area contributed by atoms with Gasteiger partial charge in [0.2, 0.25) is 15.9 Å². The average Bonchev–Trinajstić information content (AvgIpc) is 2.45. The van der Waals surface area contributed by atoms with E-state index in [4.69, 9.17) is 10.9 Å². The molecule has 1 fully saturated rings. The van der Waals surface area contributed by atoms with Crippen LogP contribution >= 0.6 is 0 Å². The highest BCUT2D eigenvalue weighted by molar-refractivity contribution is 7.89. The Kier molecular flexibility index (Phi) is 4.38. The molecule has 5 N–H and O–H groups in total. The molecule has 7 nitrogen and oxygen atoms in total. The Labute approximate surface area is 124 Å². The van der Waals surface area contributed by atoms with Crippen LogP contribution in [0.4, 0.5) is 11.4 Å². The lowest BCUT2D eigenvalue weighted by Gasteiger charge is -2.37. The zero-order chi connectivity index (χ0) is 15.6. The van der Waals surface area contributed by atoms with E-state index in [1.165, 1.54) is 12.1 Å². The van der Waals surface area contributed by atoms with Crippen molar-refractivity contribution >= 4 is 27.3 Å². The van der Waals surface area contributed by atoms with Crippen LogP contribution in [0.5, 0.6) is 0 Å². The number of rotatable bonds is 3. The van der Waals surface area contributed by atoms with Gasteiger partial charge in [-0.05, 0) is 37.5 Å². The van der Waals surface area contributed by atoms with Gasteiger partial charge < -0.3 is 16.0 Å². The summed E-state index contributed by atoms with van der Waals surface area (Å²) in [7, 11) is -2.19. The Balaban J connectivity index is 2.38. The number of carbonyl (C=O) groups is 1. The van der Waals surface area contributed by atoms with Gasteiger partial charge in [-0.2, -0.15) is 0 Å². The number of nitrogens with zero attached hydrogens (tertiary/aromatic N) is 1. The Morgan fingerprint density at radius 1 is 1.38 bits per heavy atom. The molecule has 1 atom stereocenters. The highest BCUT2D eigenvalue weighted by Crippen LogP contribution is 2.31. The molecular formula is C13H20N4O3S. The van der Waals surface area contributed by atoms with E-state index in [1.54, 1.807) is 13.1 Å². The number of piperidine rings is 1. The minimum atomic E-state index is -3.79. The van der Waals surface area contributed by atoms with Crippen molar-refractivity contribution in [2.75, 3.05) is 24.2 Å². The van der Waals surface area contributed by atoms with Crippen LogP contribution in [0, 0.1) is 0 Å². The Morgan fingerprint density at radius 3 is 2.67 bits per heavy atom. The Morgan fingerprint density at radius 2 is 2.10 bits per heavy atom. The van der Waals surface area contributed by atoms with Crippen molar-refractivity contribution in [2.45, 2.75) is 30.2 Å². The molecule has 0 bridgehead atoms. The van der Waals surface area contributed by atoms with Gasteiger partial charge in [-0.3, -0.25) is 4.79 Å². The molecule has 1 aromatic carbocycles. The van der Waals surface area contributed by atoms with Gasteiger partial charge in [-0.1, -0.05) is 0 Å². The summed E-state index contributed by atoms with van der Waals surface area (Å²) in [5.41, 5.74) is 6.93. The third-order valence-electron chi connectivity index (χ3n) is 3.69. The van der Waals surface area contributed by atoms with Crippen LogP contribution in [-0.4, -0.2) is 34.0 Å². The number of nitrogen functional groups attached to an aromatic ring is 1. The number of hydrogen-bond acceptors (Lipinski definition) is 5. The van der Waals surface area contributed by atoms with Crippen molar-refractivity contribution in [3.05, 3.63) is 18.2 Å². The molecule has 0 radical (unpaired) electrons. The maximum atomic E-state index is 12.0. The molecular weight excluding hydrogens is 292 g/mol. The topological polar surface area (TPSA) is 119 Å². The van der Waals surface area contributed by atoms with E-state index in [0.717, 1.165) is 19.3 Å². The molecule has 1 aliphatic heterocycles. The molecule has 0 saturated carbocycles. The number of carbonyl (C=O) groups excluding carboxylic acids is 1. The van der Waals surface area contributed by atoms with E-state index < -0.39 is 10.0 Å². The average molecular weight is 312 g/mol. The van der Waals surface area contributed by atoms with Crippen molar-refractivity contribution in [1.29, 1.82) is 0 Å². The number of primary sulfonamides is 1. The molecule has 1 unspecified atom stereocenters. The maximum Gasteiger partial charge on any atom is 0.242 e. The largest absolute Gasteiger partial charge is 0.397 e. The molecule has 0 aromatic heterocycles. The molecule has 8 heteroatoms. The van der Waals surface area contributed by atoms with Gasteiger partial charge in [0.15, 0.2) is 0 Å². The first-order valence-electron chi connectivity index (χ1n) is 6.75. The molecule has 1 aromatic rings. The fraction of sp³-hybridized carbons (Fsp3) is 0.462. The van der Waals surface area contributed by atoms with Crippen molar-refractivity contribution in [2.24, 2.45) is 5.14 Å². The quantitative estimate of drug-likeness (QED) is 0.680. The highest BCUT2D eigenvalue weighted by atomic mass is 32.2. The summed E-state index contributed by atoms with van der Waals surface area (Å²) in [5, 5.41) is 7.74. The fourth-order valence-corrected chi connectivity index (χ4v) is 3.18. The maximum absolute atomic E-state index is 12.0. The molecule has 0 spiro atoms. The number of likely N-dealkylation sites (N-methyl/N-ethyl adjacent to an activating group) is 1. The van der Waals surface area contributed by atoms with Crippen LogP contribution in [-0.2, 0) is 14.8 Å². The predicted molar refractivity (Wildman–Crippen MR) is 81.3 cm³/mol. The van der Waals surface area contributed by atoms with Crippen LogP contribution in [0.2, 0.25) is 0 Å². The molecule has 2 rings (SSSR count). The number of hydrogen-bond donors (Lipinski definition) is 3. The first-order valence-corrected chi connectivity index (χ1v) is 8.30. The molecule has 1 heterocycles. The number of anilines is 2. The first-order chi connectivity index (χ1) is 9.84. The van der Waals surface area contributed by atoms with Gasteiger partial charge in [0.1, 0.15) is 6.04 Å². The highest BCUT2D eigenvalue weighted by Gasteiger charge is 2.29. The summed E-state index contributed by atoms with van der Waals surface area (Å²) in [4.78, 5) is 13.9. The third kappa shape index (κ3) is 3.27. The van der Waals surface area contributed by atoms with Crippen molar-refractivity contribution < 1.29 is 13.2 Å². The lowest BCUT2D eigenvalue weighted by molar-refractivity contribution is -0.122. The Hall–Kier alpha value is -1.80. The van der Waals surface area contributed by atoms with Gasteiger partial charge in [-0.25, -0.2) is 13.6 Å². The summed E-state index contributed by atoms with van der Waals surface area (Å²) in [5.74, 6) is -0.0652. The first kappa shape index (κ1) is 15.6. The van der Waals surface area contributed by atoms with Crippen molar-refractivity contribution in [3.63, 3.8) is 0 Å². The second-order valence-electron chi connectivity index (χ2n) is 5.08. The second kappa shape index (κ2) is 5.90. The van der Waals surface area contributed by atoms with E-state index in [2.05, 4.69) is 5.32 Å². The smallest absolute Gasteiger partial charge is 0.242 e. The summed E-state index contributed by atoms with van der Waals surface area (Å²) in [6.07, 6.45) is 2.68. The van der Waals surface area contributed by atoms with E-state index in [9.17, 15) is 13.2 Å². The summed E-state index contributed by atoms with van der Waals surface area (Å²) in [6, 6.07) is 4.07. The number of amides is 1. The lowest BCUT2D eigenvalue weighted by atomic mass is 10.00. The molecule has 1 amide bonds. The van der Waals surface area contributed by atoms with Crippen LogP contribution in [0.15, 0.2) is 23.1 Å². The zero-order valence-corrected chi connectivity index (χ0v) is 12.7. The van der Waals surface area contributed by atoms with Gasteiger partial charge >= 0.3 is 0 Å². The molecule has 0 aliphatic carbocycles. The summed E-state index contributed by atoms with van der Waals surface area (Å²) >= 11 is 0. The molecule has 116 valence electrons. The SMILES string of the molecule is CNC(=O)C1CCCCN1c1ccc(S(N)(=O)=O)cc1N. The van der Waals surface area contributed by atoms with Crippen LogP contribution in [0.3, 0.4) is 0 Å². The van der Waals surface area contributed by atoms with Gasteiger partial charge in [0.25, 0.3) is 0 Å². The normalized spacial score (nSPS) is 19.3. The van der Waals surface area contributed by atoms with Crippen molar-refractivity contribution in [1.82, 2.24) is 5.32 Å². The second-order valence-corrected chi connectivity index (χ2v) is 6.65. The number of nitrogens with two attached hydrogens (primary N) is 2. The van der Waals surface area contributed by atoms with E-state index in [-0.39, 0.29) is 16.8 Å². The number of sulfonamides is 1. The third-order valence-corrected chi connectivity index (χ3v) is 4.60. The van der Waals surface area contributed by atoms with E-state index in [1.807, 2.05) is 4.90 Å². The van der Waals surface area contributed by atoms with Crippen LogP contribution in [0.1, 0.15) is 19.3 Å². The van der Waals surface area contributed by atoms with Crippen molar-refractivity contribution in [3.8, 4) is 0 Å². The minimum absolute atomic E-state index is 0.0303. The minimum Gasteiger partial charge on any atom is -0.397 e. The number of nitrogens with one attached hydrogen (secondary N) is 1. The van der Waals surface area contributed by atoms with Gasteiger partial charge in [-0.15, -0.1) is 0 Å². The number of benzene rings is 1. The fourth-order valence-electron chi connectivity index (χ4n) is 2.63. The molecule has 21 heavy (non-hydrogen) atoms. The predicted octanol–water partition coefficient (Wildman–Crippen LogP) is 0.0211. The van der Waals surface area contributed by atoms with Crippen LogP contribution < -0.4 is 21.1 Å². The lowest BCUT2D eigenvalue weighted by Crippen LogP contribution is -2.49. The van der Waals surface area contributed by atoms with E-state index in [0.29, 0.717) is 17.9 Å². The van der Waals surface area contributed by atoms with Crippen LogP contribution in [0.25, 0.3) is 0 Å². The Bertz CT molecular complexity index is 645. The van der Waals surface area contributed by atoms with Gasteiger partial charge in [0, 0.05) is 13.6 Å².